The molecule has 0 aliphatic carbocycles. The minimum absolute atomic E-state index is 0.115. The Morgan fingerprint density at radius 2 is 2.05 bits per heavy atom. The summed E-state index contributed by atoms with van der Waals surface area (Å²) < 4.78 is 1.36. The average molecular weight is 270 g/mol. The molecule has 19 heavy (non-hydrogen) atoms. The predicted octanol–water partition coefficient (Wildman–Crippen LogP) is -1.16. The summed E-state index contributed by atoms with van der Waals surface area (Å²) in [5.74, 6) is -1.12. The van der Waals surface area contributed by atoms with Crippen LogP contribution in [0.3, 0.4) is 0 Å². The van der Waals surface area contributed by atoms with Gasteiger partial charge in [-0.1, -0.05) is 5.21 Å². The summed E-state index contributed by atoms with van der Waals surface area (Å²) in [5, 5.41) is 21.1. The third-order valence-corrected chi connectivity index (χ3v) is 2.23. The molecule has 0 radical (unpaired) electrons. The van der Waals surface area contributed by atoms with E-state index in [0.717, 1.165) is 6.54 Å². The van der Waals surface area contributed by atoms with Crippen LogP contribution in [-0.2, 0) is 6.54 Å². The van der Waals surface area contributed by atoms with Crippen molar-refractivity contribution in [3.05, 3.63) is 11.9 Å². The van der Waals surface area contributed by atoms with Crippen molar-refractivity contribution in [2.75, 3.05) is 33.7 Å². The summed E-state index contributed by atoms with van der Waals surface area (Å²) in [4.78, 5) is 23.9. The van der Waals surface area contributed by atoms with Crippen LogP contribution in [0.5, 0.6) is 0 Å². The van der Waals surface area contributed by atoms with E-state index in [4.69, 9.17) is 5.11 Å². The predicted molar refractivity (Wildman–Crippen MR) is 66.9 cm³/mol. The molecule has 0 aliphatic rings. The van der Waals surface area contributed by atoms with Crippen molar-refractivity contribution >= 4 is 12.0 Å². The second-order valence-electron chi connectivity index (χ2n) is 4.16. The number of carbonyl (C=O) groups is 2. The maximum absolute atomic E-state index is 11.3. The first kappa shape index (κ1) is 14.9. The molecule has 106 valence electrons. The number of carboxylic acids is 1. The Morgan fingerprint density at radius 3 is 2.63 bits per heavy atom. The highest BCUT2D eigenvalue weighted by molar-refractivity contribution is 5.84. The Morgan fingerprint density at radius 1 is 1.37 bits per heavy atom. The molecule has 2 amide bonds. The van der Waals surface area contributed by atoms with E-state index in [1.165, 1.54) is 10.9 Å². The van der Waals surface area contributed by atoms with Crippen LogP contribution in [0.4, 0.5) is 4.79 Å². The van der Waals surface area contributed by atoms with E-state index < -0.39 is 5.97 Å². The number of hydrogen-bond acceptors (Lipinski definition) is 5. The van der Waals surface area contributed by atoms with Gasteiger partial charge in [0.2, 0.25) is 0 Å². The van der Waals surface area contributed by atoms with Gasteiger partial charge in [-0.3, -0.25) is 0 Å². The molecule has 1 heterocycles. The number of urea groups is 1. The van der Waals surface area contributed by atoms with Crippen molar-refractivity contribution in [3.63, 3.8) is 0 Å². The highest BCUT2D eigenvalue weighted by atomic mass is 16.4. The van der Waals surface area contributed by atoms with Gasteiger partial charge in [0.05, 0.1) is 12.7 Å². The number of nitrogens with zero attached hydrogens (tertiary/aromatic N) is 4. The summed E-state index contributed by atoms with van der Waals surface area (Å²) in [7, 11) is 3.84. The molecule has 0 saturated heterocycles. The molecule has 0 spiro atoms. The van der Waals surface area contributed by atoms with Gasteiger partial charge in [-0.15, -0.1) is 5.10 Å². The van der Waals surface area contributed by atoms with Gasteiger partial charge in [0.15, 0.2) is 5.69 Å². The summed E-state index contributed by atoms with van der Waals surface area (Å²) in [6.45, 7) is 2.03. The van der Waals surface area contributed by atoms with Crippen LogP contribution in [0.25, 0.3) is 0 Å². The van der Waals surface area contributed by atoms with Gasteiger partial charge < -0.3 is 20.6 Å². The third-order valence-electron chi connectivity index (χ3n) is 2.23. The smallest absolute Gasteiger partial charge is 0.358 e. The van der Waals surface area contributed by atoms with E-state index in [2.05, 4.69) is 20.9 Å². The lowest BCUT2D eigenvalue weighted by Crippen LogP contribution is -2.40. The van der Waals surface area contributed by atoms with E-state index in [1.54, 1.807) is 0 Å². The van der Waals surface area contributed by atoms with E-state index in [1.807, 2.05) is 19.0 Å². The highest BCUT2D eigenvalue weighted by Gasteiger charge is 2.07. The molecule has 0 unspecified atom stereocenters. The second-order valence-corrected chi connectivity index (χ2v) is 4.16. The molecular weight excluding hydrogens is 252 g/mol. The molecule has 1 aromatic heterocycles. The molecule has 1 rings (SSSR count). The van der Waals surface area contributed by atoms with Gasteiger partial charge in [-0.2, -0.15) is 0 Å². The van der Waals surface area contributed by atoms with Crippen LogP contribution in [0.15, 0.2) is 6.20 Å². The van der Waals surface area contributed by atoms with Crippen molar-refractivity contribution in [1.29, 1.82) is 0 Å². The van der Waals surface area contributed by atoms with Crippen LogP contribution in [0.1, 0.15) is 10.5 Å². The van der Waals surface area contributed by atoms with E-state index in [0.29, 0.717) is 19.6 Å². The highest BCUT2D eigenvalue weighted by Crippen LogP contribution is 1.91. The van der Waals surface area contributed by atoms with Crippen LogP contribution < -0.4 is 10.6 Å². The second kappa shape index (κ2) is 7.31. The van der Waals surface area contributed by atoms with Gasteiger partial charge in [0.25, 0.3) is 0 Å². The molecule has 9 heteroatoms. The van der Waals surface area contributed by atoms with Gasteiger partial charge in [0, 0.05) is 19.6 Å². The van der Waals surface area contributed by atoms with Crippen molar-refractivity contribution in [3.8, 4) is 0 Å². The fourth-order valence-electron chi connectivity index (χ4n) is 1.25. The lowest BCUT2D eigenvalue weighted by molar-refractivity contribution is 0.0690. The summed E-state index contributed by atoms with van der Waals surface area (Å²) >= 11 is 0. The lowest BCUT2D eigenvalue weighted by atomic mass is 10.5. The zero-order valence-corrected chi connectivity index (χ0v) is 11.0. The van der Waals surface area contributed by atoms with Gasteiger partial charge in [0.1, 0.15) is 0 Å². The first-order chi connectivity index (χ1) is 8.99. The lowest BCUT2D eigenvalue weighted by Gasteiger charge is -2.11. The van der Waals surface area contributed by atoms with Gasteiger partial charge >= 0.3 is 12.0 Å². The molecule has 0 fully saturated rings. The molecule has 0 aliphatic heterocycles. The molecular formula is C10H18N6O3. The average Bonchev–Trinajstić information content (AvgIpc) is 2.77. The van der Waals surface area contributed by atoms with E-state index in [-0.39, 0.29) is 11.7 Å². The normalized spacial score (nSPS) is 10.5. The number of carboxylic acid groups (broad SMARTS) is 1. The number of carbonyl (C=O) groups excluding carboxylic acids is 1. The quantitative estimate of drug-likeness (QED) is 0.576. The Bertz CT molecular complexity index is 431. The Labute approximate surface area is 110 Å². The minimum atomic E-state index is -1.12. The van der Waals surface area contributed by atoms with Crippen LogP contribution in [0.2, 0.25) is 0 Å². The zero-order chi connectivity index (χ0) is 14.3. The Hall–Kier alpha value is -2.16. The van der Waals surface area contributed by atoms with Crippen LogP contribution >= 0.6 is 0 Å². The van der Waals surface area contributed by atoms with Crippen molar-refractivity contribution in [1.82, 2.24) is 30.5 Å². The first-order valence-electron chi connectivity index (χ1n) is 5.79. The number of amides is 2. The molecule has 0 saturated carbocycles. The van der Waals surface area contributed by atoms with Crippen molar-refractivity contribution in [2.45, 2.75) is 6.54 Å². The fourth-order valence-corrected chi connectivity index (χ4v) is 1.25. The minimum Gasteiger partial charge on any atom is -0.476 e. The summed E-state index contributed by atoms with van der Waals surface area (Å²) in [5.41, 5.74) is -0.115. The topological polar surface area (TPSA) is 112 Å². The number of likely N-dealkylation sites (N-methyl/N-ethyl adjacent to an activating group) is 1. The van der Waals surface area contributed by atoms with Crippen molar-refractivity contribution < 1.29 is 14.7 Å². The fraction of sp³-hybridized carbons (Fsp3) is 0.600. The summed E-state index contributed by atoms with van der Waals surface area (Å²) in [6.07, 6.45) is 1.31. The molecule has 3 N–H and O–H groups in total. The molecule has 1 aromatic rings. The molecule has 0 bridgehead atoms. The molecule has 0 aromatic carbocycles. The number of aromatic carboxylic acids is 1. The van der Waals surface area contributed by atoms with Gasteiger partial charge in [-0.05, 0) is 14.1 Å². The molecule has 9 nitrogen and oxygen atoms in total. The van der Waals surface area contributed by atoms with Crippen LogP contribution in [0, 0.1) is 0 Å². The standard InChI is InChI=1S/C10H18N6O3/c1-15(2)5-3-11-10(19)12-4-6-16-7-8(9(17)18)13-14-16/h7H,3-6H2,1-2H3,(H,17,18)(H2,11,12,19). The van der Waals surface area contributed by atoms with Gasteiger partial charge in [-0.25, -0.2) is 14.3 Å². The maximum Gasteiger partial charge on any atom is 0.358 e. The number of hydrogen-bond donors (Lipinski definition) is 3. The Kier molecular flexibility index (Phi) is 5.73. The third kappa shape index (κ3) is 5.82. The largest absolute Gasteiger partial charge is 0.476 e. The number of aromatic nitrogens is 3. The van der Waals surface area contributed by atoms with Crippen molar-refractivity contribution in [2.24, 2.45) is 0 Å². The maximum atomic E-state index is 11.3. The summed E-state index contributed by atoms with van der Waals surface area (Å²) in [6, 6.07) is -0.263. The zero-order valence-electron chi connectivity index (χ0n) is 11.0. The Balaban J connectivity index is 2.18. The monoisotopic (exact) mass is 270 g/mol. The first-order valence-corrected chi connectivity index (χ1v) is 5.79. The number of rotatable bonds is 7. The number of nitrogens with one attached hydrogen (secondary N) is 2. The van der Waals surface area contributed by atoms with E-state index in [9.17, 15) is 9.59 Å². The molecule has 0 atom stereocenters. The van der Waals surface area contributed by atoms with Crippen LogP contribution in [-0.4, -0.2) is 70.7 Å². The van der Waals surface area contributed by atoms with E-state index >= 15 is 0 Å². The SMILES string of the molecule is CN(C)CCNC(=O)NCCn1cc(C(=O)O)nn1.